The molecule has 186 valence electrons. The number of aliphatic hydroxyl groups is 1. The van der Waals surface area contributed by atoms with E-state index in [1.165, 1.54) is 11.0 Å². The summed E-state index contributed by atoms with van der Waals surface area (Å²) >= 11 is 0. The fourth-order valence-electron chi connectivity index (χ4n) is 5.38. The Morgan fingerprint density at radius 1 is 1.08 bits per heavy atom. The van der Waals surface area contributed by atoms with E-state index in [1.54, 1.807) is 59.6 Å². The highest BCUT2D eigenvalue weighted by Crippen LogP contribution is 2.38. The summed E-state index contributed by atoms with van der Waals surface area (Å²) in [5, 5.41) is 13.0. The maximum absolute atomic E-state index is 14.7. The third-order valence-electron chi connectivity index (χ3n) is 7.44. The average molecular weight is 488 g/mol. The summed E-state index contributed by atoms with van der Waals surface area (Å²) in [6, 6.07) is 13.3. The number of hydrogen-bond acceptors (Lipinski definition) is 5. The van der Waals surface area contributed by atoms with Crippen molar-refractivity contribution in [1.29, 1.82) is 0 Å². The molecule has 0 spiro atoms. The van der Waals surface area contributed by atoms with Crippen molar-refractivity contribution in [2.45, 2.75) is 44.4 Å². The molecule has 5 rings (SSSR count). The van der Waals surface area contributed by atoms with Crippen LogP contribution in [0.3, 0.4) is 0 Å². The number of imide groups is 1. The van der Waals surface area contributed by atoms with E-state index in [0.29, 0.717) is 18.0 Å². The summed E-state index contributed by atoms with van der Waals surface area (Å²) in [5.74, 6) is -1.62. The minimum absolute atomic E-state index is 0.169. The summed E-state index contributed by atoms with van der Waals surface area (Å²) in [6.45, 7) is 6.08. The predicted molar refractivity (Wildman–Crippen MR) is 137 cm³/mol. The number of carbonyl (C=O) groups excluding carboxylic acids is 2. The third-order valence-corrected chi connectivity index (χ3v) is 7.44. The summed E-state index contributed by atoms with van der Waals surface area (Å²) < 4.78 is 14.7. The van der Waals surface area contributed by atoms with Crippen molar-refractivity contribution >= 4 is 23.2 Å². The molecule has 36 heavy (non-hydrogen) atoms. The van der Waals surface area contributed by atoms with E-state index < -0.39 is 35.8 Å². The van der Waals surface area contributed by atoms with E-state index in [0.717, 1.165) is 24.0 Å². The molecule has 6 nitrogen and oxygen atoms in total. The number of hydrazine groups is 1. The van der Waals surface area contributed by atoms with Gasteiger partial charge in [-0.15, -0.1) is 0 Å². The number of aliphatic hydroxyl groups excluding tert-OH is 1. The monoisotopic (exact) mass is 487 g/mol. The topological polar surface area (TPSA) is 72.9 Å². The molecule has 1 saturated heterocycles. The zero-order chi connectivity index (χ0) is 25.4. The molecule has 4 unspecified atom stereocenters. The van der Waals surface area contributed by atoms with Gasteiger partial charge in [-0.2, -0.15) is 0 Å². The molecular weight excluding hydrogens is 457 g/mol. The van der Waals surface area contributed by atoms with E-state index in [9.17, 15) is 19.1 Å². The number of allylic oxidation sites excluding steroid dienone is 2. The Labute approximate surface area is 210 Å². The van der Waals surface area contributed by atoms with Crippen LogP contribution >= 0.6 is 0 Å². The van der Waals surface area contributed by atoms with Gasteiger partial charge in [0.15, 0.2) is 0 Å². The normalized spacial score (nSPS) is 27.0. The number of hydrogen-bond donors (Lipinski definition) is 2. The van der Waals surface area contributed by atoms with Gasteiger partial charge in [-0.05, 0) is 61.9 Å². The number of halogens is 1. The Morgan fingerprint density at radius 2 is 1.81 bits per heavy atom. The highest BCUT2D eigenvalue weighted by atomic mass is 19.1. The smallest absolute Gasteiger partial charge is 0.254 e. The molecule has 3 aliphatic rings. The number of amides is 2. The van der Waals surface area contributed by atoms with Gasteiger partial charge in [-0.1, -0.05) is 60.7 Å². The number of rotatable bonds is 6. The summed E-state index contributed by atoms with van der Waals surface area (Å²) in [4.78, 5) is 28.2. The number of para-hydroxylation sites is 2. The molecule has 2 aliphatic heterocycles. The second kappa shape index (κ2) is 9.84. The van der Waals surface area contributed by atoms with Crippen LogP contribution in [0.25, 0.3) is 0 Å². The fraction of sp³-hybridized carbons (Fsp3) is 0.310. The molecule has 2 N–H and O–H groups in total. The Hall–Kier alpha value is -3.55. The number of benzene rings is 2. The molecule has 7 heteroatoms. The third kappa shape index (κ3) is 4.29. The lowest BCUT2D eigenvalue weighted by Crippen LogP contribution is -2.58. The highest BCUT2D eigenvalue weighted by Gasteiger charge is 2.54. The van der Waals surface area contributed by atoms with Crippen LogP contribution < -0.4 is 10.3 Å². The van der Waals surface area contributed by atoms with Crippen LogP contribution in [0.2, 0.25) is 0 Å². The largest absolute Gasteiger partial charge is 0.387 e. The quantitative estimate of drug-likeness (QED) is 0.460. The number of carbonyl (C=O) groups is 2. The van der Waals surface area contributed by atoms with Crippen LogP contribution in [0.1, 0.15) is 26.2 Å². The number of anilines is 2. The maximum Gasteiger partial charge on any atom is 0.254 e. The Kier molecular flexibility index (Phi) is 6.60. The van der Waals surface area contributed by atoms with Crippen LogP contribution in [-0.2, 0) is 9.59 Å². The van der Waals surface area contributed by atoms with Gasteiger partial charge in [0.05, 0.1) is 29.4 Å². The van der Waals surface area contributed by atoms with Crippen molar-refractivity contribution in [3.8, 4) is 0 Å². The van der Waals surface area contributed by atoms with E-state index in [2.05, 4.69) is 12.0 Å². The molecule has 2 aromatic rings. The van der Waals surface area contributed by atoms with Gasteiger partial charge in [0.25, 0.3) is 5.91 Å². The van der Waals surface area contributed by atoms with E-state index in [4.69, 9.17) is 0 Å². The maximum atomic E-state index is 14.7. The van der Waals surface area contributed by atoms with Crippen molar-refractivity contribution in [3.05, 3.63) is 96.4 Å². The first-order chi connectivity index (χ1) is 17.4. The summed E-state index contributed by atoms with van der Waals surface area (Å²) in [5.41, 5.74) is 5.70. The molecule has 5 atom stereocenters. The minimum atomic E-state index is -0.936. The fourth-order valence-corrected chi connectivity index (χ4v) is 5.38. The van der Waals surface area contributed by atoms with Gasteiger partial charge >= 0.3 is 0 Å². The van der Waals surface area contributed by atoms with Gasteiger partial charge in [0, 0.05) is 0 Å². The Balaban J connectivity index is 1.50. The van der Waals surface area contributed by atoms with Crippen molar-refractivity contribution in [3.63, 3.8) is 0 Å². The summed E-state index contributed by atoms with van der Waals surface area (Å²) in [6.07, 6.45) is 6.97. The minimum Gasteiger partial charge on any atom is -0.387 e. The molecule has 0 bridgehead atoms. The molecule has 2 aromatic carbocycles. The van der Waals surface area contributed by atoms with Crippen LogP contribution in [-0.4, -0.2) is 40.1 Å². The Bertz CT molecular complexity index is 1240. The number of fused-ring (bicyclic) bond motifs is 1. The SMILES string of the molecule is C=C(C)[C@@H]1CC=C(C(O)C2C=CC3C(=O)N(c4ccccc4)C(=O)C3N2Nc2ccccc2F)CC1. The van der Waals surface area contributed by atoms with E-state index in [-0.39, 0.29) is 11.6 Å². The summed E-state index contributed by atoms with van der Waals surface area (Å²) in [7, 11) is 0. The Morgan fingerprint density at radius 3 is 2.47 bits per heavy atom. The molecule has 2 amide bonds. The molecule has 0 saturated carbocycles. The van der Waals surface area contributed by atoms with Gasteiger partial charge in [0.1, 0.15) is 11.9 Å². The number of nitrogens with zero attached hydrogens (tertiary/aromatic N) is 2. The predicted octanol–water partition coefficient (Wildman–Crippen LogP) is 4.61. The average Bonchev–Trinajstić information content (AvgIpc) is 3.15. The lowest BCUT2D eigenvalue weighted by Gasteiger charge is -2.41. The van der Waals surface area contributed by atoms with E-state index in [1.807, 2.05) is 19.1 Å². The molecule has 1 fully saturated rings. The van der Waals surface area contributed by atoms with E-state index >= 15 is 0 Å². The van der Waals surface area contributed by atoms with Gasteiger partial charge in [-0.3, -0.25) is 9.59 Å². The van der Waals surface area contributed by atoms with Crippen molar-refractivity contribution in [2.24, 2.45) is 11.8 Å². The van der Waals surface area contributed by atoms with Crippen LogP contribution in [0.15, 0.2) is 90.6 Å². The van der Waals surface area contributed by atoms with Crippen molar-refractivity contribution in [2.75, 3.05) is 10.3 Å². The second-order valence-corrected chi connectivity index (χ2v) is 9.73. The van der Waals surface area contributed by atoms with Gasteiger partial charge < -0.3 is 10.5 Å². The standard InChI is InChI=1S/C29H30FN3O3/c1-18(2)19-12-14-20(15-13-19)27(34)25-17-16-22-26(33(25)31-24-11-7-6-10-23(24)30)29(36)32(28(22)35)21-8-4-3-5-9-21/h3-11,14,16-17,19,22,25-27,31,34H,1,12-13,15H2,2H3/t19-,22?,25?,26?,27?/m1/s1. The molecule has 1 aliphatic carbocycles. The first-order valence-corrected chi connectivity index (χ1v) is 12.3. The molecule has 2 heterocycles. The zero-order valence-corrected chi connectivity index (χ0v) is 20.2. The van der Waals surface area contributed by atoms with Crippen LogP contribution in [0, 0.1) is 17.7 Å². The molecule has 0 aromatic heterocycles. The zero-order valence-electron chi connectivity index (χ0n) is 20.2. The van der Waals surface area contributed by atoms with Crippen LogP contribution in [0.4, 0.5) is 15.8 Å². The second-order valence-electron chi connectivity index (χ2n) is 9.73. The van der Waals surface area contributed by atoms with Gasteiger partial charge in [-0.25, -0.2) is 14.3 Å². The molecule has 0 radical (unpaired) electrons. The van der Waals surface area contributed by atoms with Crippen LogP contribution in [0.5, 0.6) is 0 Å². The first-order valence-electron chi connectivity index (χ1n) is 12.3. The lowest BCUT2D eigenvalue weighted by molar-refractivity contribution is -0.123. The van der Waals surface area contributed by atoms with Crippen molar-refractivity contribution < 1.29 is 19.1 Å². The first kappa shape index (κ1) is 24.2. The highest BCUT2D eigenvalue weighted by molar-refractivity contribution is 6.24. The van der Waals surface area contributed by atoms with Gasteiger partial charge in [0.2, 0.25) is 5.91 Å². The lowest BCUT2D eigenvalue weighted by atomic mass is 9.81. The van der Waals surface area contributed by atoms with Crippen molar-refractivity contribution in [1.82, 2.24) is 5.01 Å². The molecular formula is C29H30FN3O3. The number of nitrogens with one attached hydrogen (secondary N) is 1.